The second-order valence-corrected chi connectivity index (χ2v) is 5.54. The number of thioether (sulfide) groups is 1. The molecule has 1 aliphatic rings. The molecule has 0 bridgehead atoms. The molecular formula is C12H15F3N2S. The van der Waals surface area contributed by atoms with Gasteiger partial charge in [-0.3, -0.25) is 0 Å². The van der Waals surface area contributed by atoms with Crippen LogP contribution in [-0.2, 0) is 6.18 Å². The Hall–Kier alpha value is -0.910. The van der Waals surface area contributed by atoms with Gasteiger partial charge < -0.3 is 5.32 Å². The van der Waals surface area contributed by atoms with Crippen molar-refractivity contribution in [2.24, 2.45) is 5.92 Å². The first kappa shape index (κ1) is 13.5. The van der Waals surface area contributed by atoms with E-state index in [1.807, 2.05) is 11.8 Å². The van der Waals surface area contributed by atoms with Crippen molar-refractivity contribution in [3.63, 3.8) is 0 Å². The van der Waals surface area contributed by atoms with E-state index in [1.165, 1.54) is 30.9 Å². The third kappa shape index (κ3) is 3.80. The van der Waals surface area contributed by atoms with E-state index in [4.69, 9.17) is 0 Å². The molecule has 1 unspecified atom stereocenters. The van der Waals surface area contributed by atoms with Crippen LogP contribution >= 0.6 is 11.8 Å². The van der Waals surface area contributed by atoms with Gasteiger partial charge in [0.2, 0.25) is 0 Å². The highest BCUT2D eigenvalue weighted by atomic mass is 32.2. The van der Waals surface area contributed by atoms with Gasteiger partial charge in [0, 0.05) is 6.54 Å². The molecule has 0 amide bonds. The second kappa shape index (κ2) is 5.82. The molecule has 2 rings (SSSR count). The van der Waals surface area contributed by atoms with Gasteiger partial charge in [0.15, 0.2) is 0 Å². The SMILES string of the molecule is FC(F)(F)c1ccc(NCC2CCCSC2)cn1. The fourth-order valence-electron chi connectivity index (χ4n) is 1.90. The van der Waals surface area contributed by atoms with Crippen molar-refractivity contribution in [2.75, 3.05) is 23.4 Å². The van der Waals surface area contributed by atoms with Crippen molar-refractivity contribution in [3.8, 4) is 0 Å². The summed E-state index contributed by atoms with van der Waals surface area (Å²) in [6, 6.07) is 2.45. The minimum absolute atomic E-state index is 0.603. The Morgan fingerprint density at radius 2 is 2.22 bits per heavy atom. The predicted molar refractivity (Wildman–Crippen MR) is 67.8 cm³/mol. The lowest BCUT2D eigenvalue weighted by molar-refractivity contribution is -0.141. The Morgan fingerprint density at radius 1 is 1.39 bits per heavy atom. The molecule has 1 fully saturated rings. The van der Waals surface area contributed by atoms with Gasteiger partial charge in [-0.15, -0.1) is 0 Å². The van der Waals surface area contributed by atoms with Crippen LogP contribution < -0.4 is 5.32 Å². The normalized spacial score (nSPS) is 20.7. The first-order valence-corrected chi connectivity index (χ1v) is 7.06. The Labute approximate surface area is 108 Å². The van der Waals surface area contributed by atoms with Crippen LogP contribution in [0.5, 0.6) is 0 Å². The van der Waals surface area contributed by atoms with Crippen molar-refractivity contribution in [2.45, 2.75) is 19.0 Å². The highest BCUT2D eigenvalue weighted by molar-refractivity contribution is 7.99. The summed E-state index contributed by atoms with van der Waals surface area (Å²) in [4.78, 5) is 3.42. The molecule has 1 N–H and O–H groups in total. The van der Waals surface area contributed by atoms with Gasteiger partial charge in [-0.05, 0) is 42.4 Å². The molecule has 0 radical (unpaired) electrons. The molecule has 0 aliphatic carbocycles. The predicted octanol–water partition coefficient (Wildman–Crippen LogP) is 3.66. The fourth-order valence-corrected chi connectivity index (χ4v) is 3.05. The van der Waals surface area contributed by atoms with Gasteiger partial charge in [-0.1, -0.05) is 0 Å². The molecule has 100 valence electrons. The van der Waals surface area contributed by atoms with Crippen LogP contribution in [0.4, 0.5) is 18.9 Å². The number of nitrogens with zero attached hydrogens (tertiary/aromatic N) is 1. The maximum absolute atomic E-state index is 12.3. The number of hydrogen-bond acceptors (Lipinski definition) is 3. The van der Waals surface area contributed by atoms with Crippen LogP contribution in [0.25, 0.3) is 0 Å². The number of halogens is 3. The van der Waals surface area contributed by atoms with Crippen LogP contribution in [0.3, 0.4) is 0 Å². The highest BCUT2D eigenvalue weighted by Crippen LogP contribution is 2.28. The van der Waals surface area contributed by atoms with E-state index in [2.05, 4.69) is 10.3 Å². The van der Waals surface area contributed by atoms with E-state index >= 15 is 0 Å². The van der Waals surface area contributed by atoms with Crippen LogP contribution in [0, 0.1) is 5.92 Å². The number of anilines is 1. The van der Waals surface area contributed by atoms with E-state index in [-0.39, 0.29) is 0 Å². The Bertz CT molecular complexity index is 372. The molecule has 1 aromatic rings. The summed E-state index contributed by atoms with van der Waals surface area (Å²) in [5.74, 6) is 2.95. The standard InChI is InChI=1S/C12H15F3N2S/c13-12(14,15)11-4-3-10(7-17-11)16-6-9-2-1-5-18-8-9/h3-4,7,9,16H,1-2,5-6,8H2. The van der Waals surface area contributed by atoms with Crippen molar-refractivity contribution in [3.05, 3.63) is 24.0 Å². The zero-order valence-corrected chi connectivity index (χ0v) is 10.7. The summed E-state index contributed by atoms with van der Waals surface area (Å²) in [5, 5.41) is 3.15. The Kier molecular flexibility index (Phi) is 4.37. The number of rotatable bonds is 3. The van der Waals surface area contributed by atoms with E-state index in [9.17, 15) is 13.2 Å². The number of alkyl halides is 3. The van der Waals surface area contributed by atoms with E-state index in [1.54, 1.807) is 0 Å². The third-order valence-electron chi connectivity index (χ3n) is 2.90. The Balaban J connectivity index is 1.86. The summed E-state index contributed by atoms with van der Waals surface area (Å²) < 4.78 is 36.9. The first-order chi connectivity index (χ1) is 8.55. The number of nitrogens with one attached hydrogen (secondary N) is 1. The molecule has 1 aromatic heterocycles. The molecule has 0 saturated carbocycles. The van der Waals surface area contributed by atoms with Crippen molar-refractivity contribution >= 4 is 17.4 Å². The molecular weight excluding hydrogens is 261 g/mol. The van der Waals surface area contributed by atoms with Gasteiger partial charge in [-0.25, -0.2) is 4.98 Å². The van der Waals surface area contributed by atoms with E-state index in [0.717, 1.165) is 18.4 Å². The van der Waals surface area contributed by atoms with E-state index < -0.39 is 11.9 Å². The van der Waals surface area contributed by atoms with E-state index in [0.29, 0.717) is 11.6 Å². The smallest absolute Gasteiger partial charge is 0.383 e. The molecule has 0 aromatic carbocycles. The highest BCUT2D eigenvalue weighted by Gasteiger charge is 2.32. The summed E-state index contributed by atoms with van der Waals surface area (Å²) in [6.45, 7) is 0.806. The quantitative estimate of drug-likeness (QED) is 0.912. The second-order valence-electron chi connectivity index (χ2n) is 4.39. The average molecular weight is 276 g/mol. The first-order valence-electron chi connectivity index (χ1n) is 5.90. The molecule has 6 heteroatoms. The Morgan fingerprint density at radius 3 is 2.78 bits per heavy atom. The number of hydrogen-bond donors (Lipinski definition) is 1. The monoisotopic (exact) mass is 276 g/mol. The molecule has 18 heavy (non-hydrogen) atoms. The number of aromatic nitrogens is 1. The summed E-state index contributed by atoms with van der Waals surface area (Å²) in [5.41, 5.74) is -0.195. The lowest BCUT2D eigenvalue weighted by Crippen LogP contribution is -2.20. The average Bonchev–Trinajstić information content (AvgIpc) is 2.37. The lowest BCUT2D eigenvalue weighted by atomic mass is 10.1. The lowest BCUT2D eigenvalue weighted by Gasteiger charge is -2.21. The number of pyridine rings is 1. The zero-order valence-electron chi connectivity index (χ0n) is 9.83. The molecule has 2 heterocycles. The topological polar surface area (TPSA) is 24.9 Å². The van der Waals surface area contributed by atoms with Crippen molar-refractivity contribution in [1.29, 1.82) is 0 Å². The molecule has 1 atom stereocenters. The van der Waals surface area contributed by atoms with Gasteiger partial charge in [-0.2, -0.15) is 24.9 Å². The fraction of sp³-hybridized carbons (Fsp3) is 0.583. The maximum Gasteiger partial charge on any atom is 0.433 e. The zero-order chi connectivity index (χ0) is 13.0. The maximum atomic E-state index is 12.3. The van der Waals surface area contributed by atoms with Crippen LogP contribution in [0.1, 0.15) is 18.5 Å². The summed E-state index contributed by atoms with van der Waals surface area (Å²) in [7, 11) is 0. The van der Waals surface area contributed by atoms with Crippen LogP contribution in [-0.4, -0.2) is 23.0 Å². The minimum Gasteiger partial charge on any atom is -0.383 e. The van der Waals surface area contributed by atoms with Crippen LogP contribution in [0.2, 0.25) is 0 Å². The summed E-state index contributed by atoms with van der Waals surface area (Å²) in [6.07, 6.45) is -0.701. The van der Waals surface area contributed by atoms with Crippen LogP contribution in [0.15, 0.2) is 18.3 Å². The third-order valence-corrected chi connectivity index (χ3v) is 4.19. The van der Waals surface area contributed by atoms with Crippen molar-refractivity contribution in [1.82, 2.24) is 4.98 Å². The largest absolute Gasteiger partial charge is 0.433 e. The molecule has 0 spiro atoms. The molecule has 1 saturated heterocycles. The summed E-state index contributed by atoms with van der Waals surface area (Å²) >= 11 is 1.94. The van der Waals surface area contributed by atoms with Gasteiger partial charge >= 0.3 is 6.18 Å². The van der Waals surface area contributed by atoms with Gasteiger partial charge in [0.05, 0.1) is 11.9 Å². The van der Waals surface area contributed by atoms with Crippen molar-refractivity contribution < 1.29 is 13.2 Å². The molecule has 1 aliphatic heterocycles. The molecule has 2 nitrogen and oxygen atoms in total. The van der Waals surface area contributed by atoms with Gasteiger partial charge in [0.25, 0.3) is 0 Å². The van der Waals surface area contributed by atoms with Gasteiger partial charge in [0.1, 0.15) is 5.69 Å². The minimum atomic E-state index is -4.36.